The summed E-state index contributed by atoms with van der Waals surface area (Å²) in [5.41, 5.74) is -0.456. The van der Waals surface area contributed by atoms with Gasteiger partial charge in [-0.25, -0.2) is 4.39 Å². The molecule has 0 saturated carbocycles. The van der Waals surface area contributed by atoms with E-state index in [2.05, 4.69) is 0 Å². The first-order valence-corrected chi connectivity index (χ1v) is 6.55. The second-order valence-electron chi connectivity index (χ2n) is 3.74. The molecule has 2 aromatic carbocycles. The molecule has 2 aromatic rings. The summed E-state index contributed by atoms with van der Waals surface area (Å²) >= 11 is 2.04. The molecule has 104 valence electrons. The molecule has 0 aliphatic rings. The Hall–Kier alpha value is -1.90. The molecule has 0 bridgehead atoms. The summed E-state index contributed by atoms with van der Waals surface area (Å²) in [7, 11) is 1.28. The van der Waals surface area contributed by atoms with E-state index in [1.165, 1.54) is 7.11 Å². The van der Waals surface area contributed by atoms with Gasteiger partial charge >= 0.3 is 5.69 Å². The second-order valence-corrected chi connectivity index (χ2v) is 4.91. The standard InChI is InChI=1S/C13H9FINO4/c1-19-12-7-13(10(16(17)18)6-8(12)14)20-11-5-3-2-4-9(11)15/h2-7H,1H3. The fourth-order valence-electron chi connectivity index (χ4n) is 1.55. The maximum atomic E-state index is 13.5. The highest BCUT2D eigenvalue weighted by Crippen LogP contribution is 2.37. The van der Waals surface area contributed by atoms with Crippen molar-refractivity contribution in [2.24, 2.45) is 0 Å². The SMILES string of the molecule is COc1cc(Oc2ccccc2I)c([N+](=O)[O-])cc1F. The van der Waals surface area contributed by atoms with Crippen LogP contribution in [0, 0.1) is 19.5 Å². The predicted molar refractivity (Wildman–Crippen MR) is 78.8 cm³/mol. The molecule has 7 heteroatoms. The fraction of sp³-hybridized carbons (Fsp3) is 0.0769. The maximum absolute atomic E-state index is 13.5. The zero-order valence-corrected chi connectivity index (χ0v) is 12.5. The minimum absolute atomic E-state index is 0.0719. The van der Waals surface area contributed by atoms with Gasteiger partial charge in [0.15, 0.2) is 11.6 Å². The summed E-state index contributed by atoms with van der Waals surface area (Å²) in [5.74, 6) is -0.548. The van der Waals surface area contributed by atoms with E-state index < -0.39 is 16.4 Å². The van der Waals surface area contributed by atoms with E-state index in [1.54, 1.807) is 18.2 Å². The van der Waals surface area contributed by atoms with Crippen molar-refractivity contribution in [1.29, 1.82) is 0 Å². The van der Waals surface area contributed by atoms with E-state index in [0.717, 1.165) is 15.7 Å². The van der Waals surface area contributed by atoms with Crippen LogP contribution in [0.15, 0.2) is 36.4 Å². The van der Waals surface area contributed by atoms with Crippen molar-refractivity contribution in [3.05, 3.63) is 55.9 Å². The van der Waals surface area contributed by atoms with Crippen molar-refractivity contribution < 1.29 is 18.8 Å². The second kappa shape index (κ2) is 6.04. The Labute approximate surface area is 127 Å². The van der Waals surface area contributed by atoms with Crippen molar-refractivity contribution in [1.82, 2.24) is 0 Å². The van der Waals surface area contributed by atoms with Gasteiger partial charge in [-0.05, 0) is 34.7 Å². The molecule has 0 radical (unpaired) electrons. The minimum atomic E-state index is -0.811. The van der Waals surface area contributed by atoms with Gasteiger partial charge in [0.1, 0.15) is 5.75 Å². The van der Waals surface area contributed by atoms with E-state index in [1.807, 2.05) is 28.7 Å². The lowest BCUT2D eigenvalue weighted by Gasteiger charge is -2.10. The van der Waals surface area contributed by atoms with Crippen LogP contribution >= 0.6 is 22.6 Å². The Kier molecular flexibility index (Phi) is 4.38. The van der Waals surface area contributed by atoms with Crippen LogP contribution in [0.2, 0.25) is 0 Å². The number of methoxy groups -OCH3 is 1. The van der Waals surface area contributed by atoms with Crippen molar-refractivity contribution in [2.75, 3.05) is 7.11 Å². The average Bonchev–Trinajstić information content (AvgIpc) is 2.42. The molecule has 0 aliphatic heterocycles. The predicted octanol–water partition coefficient (Wildman–Crippen LogP) is 4.14. The molecule has 0 unspecified atom stereocenters. The highest BCUT2D eigenvalue weighted by Gasteiger charge is 2.21. The lowest BCUT2D eigenvalue weighted by molar-refractivity contribution is -0.385. The summed E-state index contributed by atoms with van der Waals surface area (Å²) in [6, 6.07) is 8.96. The van der Waals surface area contributed by atoms with Gasteiger partial charge in [0.05, 0.1) is 21.7 Å². The van der Waals surface area contributed by atoms with Gasteiger partial charge in [0.2, 0.25) is 5.75 Å². The number of ether oxygens (including phenoxy) is 2. The first-order chi connectivity index (χ1) is 9.52. The molecule has 0 heterocycles. The quantitative estimate of drug-likeness (QED) is 0.448. The zero-order chi connectivity index (χ0) is 14.7. The number of nitro groups is 1. The normalized spacial score (nSPS) is 10.2. The molecule has 0 aliphatic carbocycles. The van der Waals surface area contributed by atoms with E-state index in [4.69, 9.17) is 9.47 Å². The number of halogens is 2. The van der Waals surface area contributed by atoms with Crippen molar-refractivity contribution >= 4 is 28.3 Å². The van der Waals surface area contributed by atoms with Gasteiger partial charge in [-0.3, -0.25) is 10.1 Å². The first kappa shape index (κ1) is 14.5. The van der Waals surface area contributed by atoms with Crippen LogP contribution in [0.25, 0.3) is 0 Å². The van der Waals surface area contributed by atoms with Gasteiger partial charge in [-0.15, -0.1) is 0 Å². The molecule has 0 saturated heterocycles. The molecule has 0 fully saturated rings. The molecular weight excluding hydrogens is 380 g/mol. The number of para-hydroxylation sites is 1. The average molecular weight is 389 g/mol. The highest BCUT2D eigenvalue weighted by atomic mass is 127. The maximum Gasteiger partial charge on any atom is 0.314 e. The Morgan fingerprint density at radius 3 is 2.50 bits per heavy atom. The van der Waals surface area contributed by atoms with E-state index in [0.29, 0.717) is 5.75 Å². The molecule has 0 aromatic heterocycles. The monoisotopic (exact) mass is 389 g/mol. The van der Waals surface area contributed by atoms with E-state index >= 15 is 0 Å². The Morgan fingerprint density at radius 1 is 1.20 bits per heavy atom. The molecule has 0 atom stereocenters. The van der Waals surface area contributed by atoms with Crippen LogP contribution < -0.4 is 9.47 Å². The lowest BCUT2D eigenvalue weighted by Crippen LogP contribution is -1.97. The van der Waals surface area contributed by atoms with E-state index in [9.17, 15) is 14.5 Å². The summed E-state index contributed by atoms with van der Waals surface area (Å²) in [6.45, 7) is 0. The summed E-state index contributed by atoms with van der Waals surface area (Å²) in [5, 5.41) is 11.0. The minimum Gasteiger partial charge on any atom is -0.494 e. The third kappa shape index (κ3) is 2.98. The van der Waals surface area contributed by atoms with Crippen LogP contribution in [-0.2, 0) is 0 Å². The van der Waals surface area contributed by atoms with Crippen molar-refractivity contribution in [2.45, 2.75) is 0 Å². The summed E-state index contributed by atoms with van der Waals surface area (Å²) < 4.78 is 24.6. The Morgan fingerprint density at radius 2 is 1.90 bits per heavy atom. The lowest BCUT2D eigenvalue weighted by atomic mass is 10.2. The number of nitro benzene ring substituents is 1. The molecule has 2 rings (SSSR count). The molecule has 0 amide bonds. The number of benzene rings is 2. The smallest absolute Gasteiger partial charge is 0.314 e. The summed E-state index contributed by atoms with van der Waals surface area (Å²) in [4.78, 5) is 10.3. The largest absolute Gasteiger partial charge is 0.494 e. The molecule has 5 nitrogen and oxygen atoms in total. The van der Waals surface area contributed by atoms with Crippen molar-refractivity contribution in [3.63, 3.8) is 0 Å². The number of hydrogen-bond acceptors (Lipinski definition) is 4. The fourth-order valence-corrected chi connectivity index (χ4v) is 2.05. The van der Waals surface area contributed by atoms with Crippen LogP contribution in [0.1, 0.15) is 0 Å². The van der Waals surface area contributed by atoms with Crippen molar-refractivity contribution in [3.8, 4) is 17.2 Å². The first-order valence-electron chi connectivity index (χ1n) is 5.47. The van der Waals surface area contributed by atoms with Crippen LogP contribution in [0.3, 0.4) is 0 Å². The van der Waals surface area contributed by atoms with Gasteiger partial charge in [0, 0.05) is 6.07 Å². The number of rotatable bonds is 4. The highest BCUT2D eigenvalue weighted by molar-refractivity contribution is 14.1. The summed E-state index contributed by atoms with van der Waals surface area (Å²) in [6.07, 6.45) is 0. The Bertz CT molecular complexity index is 663. The zero-order valence-electron chi connectivity index (χ0n) is 10.3. The molecule has 0 spiro atoms. The van der Waals surface area contributed by atoms with Gasteiger partial charge in [-0.2, -0.15) is 0 Å². The topological polar surface area (TPSA) is 61.6 Å². The molecular formula is C13H9FINO4. The molecule has 20 heavy (non-hydrogen) atoms. The Balaban J connectivity index is 2.49. The van der Waals surface area contributed by atoms with Crippen LogP contribution in [0.5, 0.6) is 17.2 Å². The number of nitrogens with zero attached hydrogens (tertiary/aromatic N) is 1. The van der Waals surface area contributed by atoms with Crippen LogP contribution in [0.4, 0.5) is 10.1 Å². The van der Waals surface area contributed by atoms with Gasteiger partial charge in [0.25, 0.3) is 0 Å². The third-order valence-corrected chi connectivity index (χ3v) is 3.38. The number of hydrogen-bond donors (Lipinski definition) is 0. The van der Waals surface area contributed by atoms with Gasteiger partial charge < -0.3 is 9.47 Å². The third-order valence-electron chi connectivity index (χ3n) is 2.49. The van der Waals surface area contributed by atoms with E-state index in [-0.39, 0.29) is 11.5 Å². The molecule has 0 N–H and O–H groups in total. The van der Waals surface area contributed by atoms with Crippen LogP contribution in [-0.4, -0.2) is 12.0 Å². The van der Waals surface area contributed by atoms with Gasteiger partial charge in [-0.1, -0.05) is 12.1 Å².